The van der Waals surface area contributed by atoms with Crippen molar-refractivity contribution < 1.29 is 9.53 Å². The summed E-state index contributed by atoms with van der Waals surface area (Å²) in [7, 11) is 0. The predicted octanol–water partition coefficient (Wildman–Crippen LogP) is 2.03. The summed E-state index contributed by atoms with van der Waals surface area (Å²) in [5.74, 6) is 0. The minimum atomic E-state index is -0.491. The molecule has 0 bridgehead atoms. The lowest BCUT2D eigenvalue weighted by atomic mass is 10.2. The Bertz CT molecular complexity index is 199. The number of nitrogens with one attached hydrogen (secondary N) is 1. The van der Waals surface area contributed by atoms with E-state index in [-0.39, 0.29) is 6.10 Å². The first-order chi connectivity index (χ1) is 6.33. The molecule has 0 atom stereocenters. The fraction of sp³-hybridized carbons (Fsp3) is 0.700. The lowest BCUT2D eigenvalue weighted by Gasteiger charge is -2.13. The van der Waals surface area contributed by atoms with E-state index in [9.17, 15) is 4.79 Å². The fourth-order valence-corrected chi connectivity index (χ4v) is 1.60. The van der Waals surface area contributed by atoms with Gasteiger partial charge in [0.2, 0.25) is 0 Å². The van der Waals surface area contributed by atoms with Crippen LogP contribution < -0.4 is 5.32 Å². The third-order valence-electron chi connectivity index (χ3n) is 2.25. The maximum absolute atomic E-state index is 10.9. The monoisotopic (exact) mass is 181 g/mol. The molecule has 1 saturated carbocycles. The minimum absolute atomic E-state index is 0.0656. The van der Waals surface area contributed by atoms with Gasteiger partial charge in [-0.2, -0.15) is 0 Å². The van der Waals surface area contributed by atoms with Gasteiger partial charge in [0.25, 0.3) is 0 Å². The van der Waals surface area contributed by atoms with Crippen molar-refractivity contribution in [1.82, 2.24) is 5.32 Å². The molecule has 0 spiro atoms. The lowest BCUT2D eigenvalue weighted by Crippen LogP contribution is -2.25. The second-order valence-corrected chi connectivity index (χ2v) is 3.29. The first-order valence-electron chi connectivity index (χ1n) is 4.75. The molecule has 1 fully saturated rings. The van der Waals surface area contributed by atoms with Crippen LogP contribution in [0.25, 0.3) is 0 Å². The topological polar surface area (TPSA) is 38.3 Å². The van der Waals surface area contributed by atoms with Gasteiger partial charge in [-0.3, -0.25) is 0 Å². The van der Waals surface area contributed by atoms with Crippen LogP contribution in [0.4, 0.5) is 4.79 Å². The van der Waals surface area contributed by atoms with Gasteiger partial charge in [-0.15, -0.1) is 0 Å². The van der Waals surface area contributed by atoms with Crippen LogP contribution in [0.2, 0.25) is 0 Å². The van der Waals surface area contributed by atoms with Gasteiger partial charge in [0, 0.05) is 6.04 Å². The Morgan fingerprint density at radius 1 is 1.31 bits per heavy atom. The molecule has 1 aliphatic rings. The molecular formula is C10H15NO2. The molecule has 0 aromatic rings. The van der Waals surface area contributed by atoms with Crippen molar-refractivity contribution in [3.8, 4) is 12.5 Å². The van der Waals surface area contributed by atoms with Crippen LogP contribution in [0.3, 0.4) is 0 Å². The van der Waals surface area contributed by atoms with E-state index >= 15 is 0 Å². The summed E-state index contributed by atoms with van der Waals surface area (Å²) in [6.45, 7) is 0. The Balaban J connectivity index is 2.26. The number of rotatable bonds is 1. The standard InChI is InChI=1S/C10H15NO2/c1-2-11-10(12)13-9-7-5-3-4-6-8-9/h1,9H,3-8H2,(H,11,12). The number of ether oxygens (including phenoxy) is 1. The fourth-order valence-electron chi connectivity index (χ4n) is 1.60. The maximum atomic E-state index is 10.9. The van der Waals surface area contributed by atoms with Gasteiger partial charge in [0.15, 0.2) is 0 Å². The Morgan fingerprint density at radius 3 is 2.46 bits per heavy atom. The molecule has 0 aromatic heterocycles. The van der Waals surface area contributed by atoms with Crippen molar-refractivity contribution in [2.45, 2.75) is 44.6 Å². The number of carbonyl (C=O) groups excluding carboxylic acids is 1. The van der Waals surface area contributed by atoms with E-state index in [2.05, 4.69) is 5.32 Å². The number of alkyl carbamates (subject to hydrolysis) is 1. The Kier molecular flexibility index (Phi) is 4.17. The SMILES string of the molecule is C#CNC(=O)OC1CCCCCC1. The van der Waals surface area contributed by atoms with Crippen molar-refractivity contribution >= 4 is 6.09 Å². The summed E-state index contributed by atoms with van der Waals surface area (Å²) in [6.07, 6.45) is 11.2. The molecular weight excluding hydrogens is 166 g/mol. The van der Waals surface area contributed by atoms with Gasteiger partial charge in [-0.1, -0.05) is 19.3 Å². The highest BCUT2D eigenvalue weighted by Gasteiger charge is 2.15. The Morgan fingerprint density at radius 2 is 1.92 bits per heavy atom. The molecule has 0 radical (unpaired) electrons. The number of amides is 1. The van der Waals surface area contributed by atoms with Crippen LogP contribution in [-0.4, -0.2) is 12.2 Å². The molecule has 0 saturated heterocycles. The zero-order valence-corrected chi connectivity index (χ0v) is 7.71. The highest BCUT2D eigenvalue weighted by Crippen LogP contribution is 2.19. The van der Waals surface area contributed by atoms with E-state index in [1.165, 1.54) is 12.8 Å². The van der Waals surface area contributed by atoms with Gasteiger partial charge in [-0.05, 0) is 25.7 Å². The van der Waals surface area contributed by atoms with Gasteiger partial charge in [-0.25, -0.2) is 10.1 Å². The third kappa shape index (κ3) is 3.84. The van der Waals surface area contributed by atoms with Crippen molar-refractivity contribution in [1.29, 1.82) is 0 Å². The summed E-state index contributed by atoms with van der Waals surface area (Å²) in [6, 6.07) is 2.05. The molecule has 0 heterocycles. The number of hydrogen-bond acceptors (Lipinski definition) is 2. The number of carbonyl (C=O) groups is 1. The van der Waals surface area contributed by atoms with Crippen molar-refractivity contribution in [2.75, 3.05) is 0 Å². The highest BCUT2D eigenvalue weighted by molar-refractivity contribution is 5.69. The van der Waals surface area contributed by atoms with Crippen LogP contribution in [0.1, 0.15) is 38.5 Å². The molecule has 1 N–H and O–H groups in total. The second kappa shape index (κ2) is 5.47. The molecule has 1 aliphatic carbocycles. The molecule has 0 aromatic carbocycles. The predicted molar refractivity (Wildman–Crippen MR) is 49.9 cm³/mol. The molecule has 0 unspecified atom stereocenters. The van der Waals surface area contributed by atoms with E-state index < -0.39 is 6.09 Å². The van der Waals surface area contributed by atoms with E-state index in [4.69, 9.17) is 11.2 Å². The van der Waals surface area contributed by atoms with Crippen molar-refractivity contribution in [3.63, 3.8) is 0 Å². The van der Waals surface area contributed by atoms with Crippen LogP contribution in [0.5, 0.6) is 0 Å². The van der Waals surface area contributed by atoms with Crippen LogP contribution in [-0.2, 0) is 4.74 Å². The van der Waals surface area contributed by atoms with E-state index in [1.54, 1.807) is 0 Å². The normalized spacial score (nSPS) is 18.4. The van der Waals surface area contributed by atoms with Crippen molar-refractivity contribution in [3.05, 3.63) is 0 Å². The Hall–Kier alpha value is -1.17. The first kappa shape index (κ1) is 9.91. The Labute approximate surface area is 78.8 Å². The third-order valence-corrected chi connectivity index (χ3v) is 2.25. The average Bonchev–Trinajstić information content (AvgIpc) is 2.33. The summed E-state index contributed by atoms with van der Waals surface area (Å²) in [5, 5.41) is 2.18. The number of terminal acetylenes is 1. The zero-order chi connectivity index (χ0) is 9.52. The average molecular weight is 181 g/mol. The van der Waals surface area contributed by atoms with Crippen LogP contribution >= 0.6 is 0 Å². The zero-order valence-electron chi connectivity index (χ0n) is 7.71. The first-order valence-corrected chi connectivity index (χ1v) is 4.75. The highest BCUT2D eigenvalue weighted by atomic mass is 16.6. The summed E-state index contributed by atoms with van der Waals surface area (Å²) >= 11 is 0. The quantitative estimate of drug-likeness (QED) is 0.382. The summed E-state index contributed by atoms with van der Waals surface area (Å²) < 4.78 is 5.12. The molecule has 72 valence electrons. The number of hydrogen-bond donors (Lipinski definition) is 1. The minimum Gasteiger partial charge on any atom is -0.446 e. The van der Waals surface area contributed by atoms with Gasteiger partial charge in [0.05, 0.1) is 0 Å². The molecule has 1 amide bonds. The van der Waals surface area contributed by atoms with Gasteiger partial charge in [0.1, 0.15) is 6.10 Å². The summed E-state index contributed by atoms with van der Waals surface area (Å²) in [5.41, 5.74) is 0. The molecule has 13 heavy (non-hydrogen) atoms. The second-order valence-electron chi connectivity index (χ2n) is 3.29. The van der Waals surface area contributed by atoms with Crippen LogP contribution in [0, 0.1) is 12.5 Å². The van der Waals surface area contributed by atoms with Crippen LogP contribution in [0.15, 0.2) is 0 Å². The van der Waals surface area contributed by atoms with E-state index in [1.807, 2.05) is 6.04 Å². The molecule has 3 heteroatoms. The van der Waals surface area contributed by atoms with E-state index in [0.29, 0.717) is 0 Å². The largest absolute Gasteiger partial charge is 0.446 e. The molecule has 1 rings (SSSR count). The molecule has 3 nitrogen and oxygen atoms in total. The summed E-state index contributed by atoms with van der Waals surface area (Å²) in [4.78, 5) is 10.9. The lowest BCUT2D eigenvalue weighted by molar-refractivity contribution is 0.0924. The van der Waals surface area contributed by atoms with Gasteiger partial charge >= 0.3 is 6.09 Å². The smallest absolute Gasteiger partial charge is 0.419 e. The molecule has 0 aliphatic heterocycles. The maximum Gasteiger partial charge on any atom is 0.419 e. The van der Waals surface area contributed by atoms with Gasteiger partial charge < -0.3 is 4.74 Å². The van der Waals surface area contributed by atoms with E-state index in [0.717, 1.165) is 25.7 Å². The van der Waals surface area contributed by atoms with Crippen molar-refractivity contribution in [2.24, 2.45) is 0 Å².